The fourth-order valence-corrected chi connectivity index (χ4v) is 2.06. The largest absolute Gasteiger partial charge is 0.507 e. The van der Waals surface area contributed by atoms with Crippen LogP contribution in [0, 0.1) is 20.2 Å². The van der Waals surface area contributed by atoms with Crippen LogP contribution in [0.2, 0.25) is 0 Å². The summed E-state index contributed by atoms with van der Waals surface area (Å²) in [7, 11) is 0. The Labute approximate surface area is 138 Å². The van der Waals surface area contributed by atoms with Gasteiger partial charge < -0.3 is 14.6 Å². The molecule has 0 atom stereocenters. The van der Waals surface area contributed by atoms with Gasteiger partial charge in [-0.2, -0.15) is 0 Å². The van der Waals surface area contributed by atoms with Gasteiger partial charge in [0.15, 0.2) is 0 Å². The van der Waals surface area contributed by atoms with Crippen LogP contribution in [0.3, 0.4) is 0 Å². The summed E-state index contributed by atoms with van der Waals surface area (Å²) in [4.78, 5) is 20.3. The zero-order valence-electron chi connectivity index (χ0n) is 12.2. The van der Waals surface area contributed by atoms with Crippen molar-refractivity contribution in [2.45, 2.75) is 0 Å². The van der Waals surface area contributed by atoms with Crippen LogP contribution in [0.4, 0.5) is 11.4 Å². The average Bonchev–Trinajstić information content (AvgIpc) is 3.04. The highest BCUT2D eigenvalue weighted by Gasteiger charge is 2.20. The fourth-order valence-electron chi connectivity index (χ4n) is 2.06. The van der Waals surface area contributed by atoms with Crippen molar-refractivity contribution in [2.75, 3.05) is 0 Å². The molecule has 0 amide bonds. The van der Waals surface area contributed by atoms with E-state index in [0.717, 1.165) is 36.4 Å². The Balaban J connectivity index is 2.07. The molecule has 0 fully saturated rings. The summed E-state index contributed by atoms with van der Waals surface area (Å²) in [5.41, 5.74) is -0.771. The predicted octanol–water partition coefficient (Wildman–Crippen LogP) is 2.63. The van der Waals surface area contributed by atoms with Crippen molar-refractivity contribution in [1.29, 1.82) is 0 Å². The third-order valence-electron chi connectivity index (χ3n) is 3.27. The molecule has 25 heavy (non-hydrogen) atoms. The van der Waals surface area contributed by atoms with Crippen LogP contribution in [0.5, 0.6) is 11.5 Å². The second-order valence-electron chi connectivity index (χ2n) is 4.83. The molecule has 0 saturated heterocycles. The van der Waals surface area contributed by atoms with Crippen molar-refractivity contribution in [2.24, 2.45) is 0 Å². The molecule has 0 unspecified atom stereocenters. The highest BCUT2D eigenvalue weighted by atomic mass is 16.6. The molecule has 0 aliphatic heterocycles. The van der Waals surface area contributed by atoms with E-state index < -0.39 is 9.85 Å². The number of non-ortho nitro benzene ring substituents is 2. The molecule has 0 aliphatic carbocycles. The van der Waals surface area contributed by atoms with Crippen molar-refractivity contribution in [3.63, 3.8) is 0 Å². The lowest BCUT2D eigenvalue weighted by Crippen LogP contribution is -1.89. The van der Waals surface area contributed by atoms with Gasteiger partial charge in [-0.3, -0.25) is 20.2 Å². The summed E-state index contributed by atoms with van der Waals surface area (Å²) in [6.45, 7) is 0. The van der Waals surface area contributed by atoms with E-state index in [1.807, 2.05) is 0 Å². The molecule has 0 aliphatic rings. The Kier molecular flexibility index (Phi) is 3.73. The second-order valence-corrected chi connectivity index (χ2v) is 4.83. The summed E-state index contributed by atoms with van der Waals surface area (Å²) < 4.78 is 5.30. The third-order valence-corrected chi connectivity index (χ3v) is 3.27. The van der Waals surface area contributed by atoms with Crippen LogP contribution in [0.15, 0.2) is 40.8 Å². The Morgan fingerprint density at radius 1 is 0.800 bits per heavy atom. The SMILES string of the molecule is O=[N+]([O-])c1ccc(O)c(-c2nnc(-c3cc([N+](=O)[O-])ccc3O)o2)c1. The standard InChI is InChI=1S/C14H8N4O7/c19-11-3-1-7(17(21)22)5-9(11)13-15-16-14(25-13)10-6-8(18(23)24)2-4-12(10)20/h1-6,19-20H. The van der Waals surface area contributed by atoms with Crippen molar-refractivity contribution in [1.82, 2.24) is 10.2 Å². The number of hydrogen-bond acceptors (Lipinski definition) is 9. The first-order chi connectivity index (χ1) is 11.9. The maximum absolute atomic E-state index is 10.8. The highest BCUT2D eigenvalue weighted by Crippen LogP contribution is 2.36. The minimum Gasteiger partial charge on any atom is -0.507 e. The number of hydrogen-bond donors (Lipinski definition) is 2. The fraction of sp³-hybridized carbons (Fsp3) is 0. The molecule has 1 heterocycles. The lowest BCUT2D eigenvalue weighted by Gasteiger charge is -2.00. The summed E-state index contributed by atoms with van der Waals surface area (Å²) in [5, 5.41) is 48.6. The van der Waals surface area contributed by atoms with Gasteiger partial charge in [-0.25, -0.2) is 0 Å². The smallest absolute Gasteiger partial charge is 0.270 e. The van der Waals surface area contributed by atoms with Crippen LogP contribution in [-0.2, 0) is 0 Å². The molecule has 0 bridgehead atoms. The van der Waals surface area contributed by atoms with E-state index in [1.165, 1.54) is 0 Å². The lowest BCUT2D eigenvalue weighted by molar-refractivity contribution is -0.385. The molecule has 0 saturated carbocycles. The van der Waals surface area contributed by atoms with E-state index in [1.54, 1.807) is 0 Å². The van der Waals surface area contributed by atoms with Crippen LogP contribution in [0.25, 0.3) is 22.9 Å². The van der Waals surface area contributed by atoms with E-state index in [4.69, 9.17) is 4.42 Å². The van der Waals surface area contributed by atoms with Gasteiger partial charge >= 0.3 is 0 Å². The molecule has 11 nitrogen and oxygen atoms in total. The van der Waals surface area contributed by atoms with Gasteiger partial charge in [-0.15, -0.1) is 10.2 Å². The highest BCUT2D eigenvalue weighted by molar-refractivity contribution is 5.69. The molecule has 0 spiro atoms. The first-order valence-electron chi connectivity index (χ1n) is 6.66. The predicted molar refractivity (Wildman–Crippen MR) is 81.8 cm³/mol. The molecule has 126 valence electrons. The minimum absolute atomic E-state index is 0.0853. The topological polar surface area (TPSA) is 166 Å². The number of nitro benzene ring substituents is 2. The zero-order chi connectivity index (χ0) is 18.1. The van der Waals surface area contributed by atoms with E-state index in [9.17, 15) is 30.4 Å². The molecule has 3 rings (SSSR count). The molecule has 1 aromatic heterocycles. The third kappa shape index (κ3) is 2.93. The Morgan fingerprint density at radius 2 is 1.20 bits per heavy atom. The Bertz CT molecular complexity index is 921. The molecule has 0 radical (unpaired) electrons. The van der Waals surface area contributed by atoms with Crippen molar-refractivity contribution in [3.8, 4) is 34.4 Å². The monoisotopic (exact) mass is 344 g/mol. The maximum Gasteiger partial charge on any atom is 0.270 e. The quantitative estimate of drug-likeness (QED) is 0.534. The number of aromatic nitrogens is 2. The van der Waals surface area contributed by atoms with Crippen LogP contribution < -0.4 is 0 Å². The van der Waals surface area contributed by atoms with Gasteiger partial charge in [-0.1, -0.05) is 0 Å². The minimum atomic E-state index is -0.660. The first kappa shape index (κ1) is 15.9. The molecular weight excluding hydrogens is 336 g/mol. The molecule has 3 aromatic rings. The number of phenolic OH excluding ortho intramolecular Hbond substituents is 2. The van der Waals surface area contributed by atoms with E-state index in [2.05, 4.69) is 10.2 Å². The summed E-state index contributed by atoms with van der Waals surface area (Å²) in [5.74, 6) is -1.16. The average molecular weight is 344 g/mol. The van der Waals surface area contributed by atoms with Crippen LogP contribution >= 0.6 is 0 Å². The molecule has 2 aromatic carbocycles. The normalized spacial score (nSPS) is 10.6. The van der Waals surface area contributed by atoms with E-state index in [0.29, 0.717) is 0 Å². The van der Waals surface area contributed by atoms with Crippen molar-refractivity contribution in [3.05, 3.63) is 56.6 Å². The first-order valence-corrected chi connectivity index (χ1v) is 6.66. The van der Waals surface area contributed by atoms with Crippen molar-refractivity contribution >= 4 is 11.4 Å². The summed E-state index contributed by atoms with van der Waals surface area (Å²) in [6, 6.07) is 6.48. The number of phenols is 2. The Hall–Kier alpha value is -4.02. The van der Waals surface area contributed by atoms with Gasteiger partial charge in [0, 0.05) is 24.3 Å². The van der Waals surface area contributed by atoms with Gasteiger partial charge in [-0.05, 0) is 12.1 Å². The number of nitrogens with zero attached hydrogens (tertiary/aromatic N) is 4. The number of rotatable bonds is 4. The molecule has 2 N–H and O–H groups in total. The molecular formula is C14H8N4O7. The second kappa shape index (κ2) is 5.88. The van der Waals surface area contributed by atoms with Crippen molar-refractivity contribution < 1.29 is 24.5 Å². The Morgan fingerprint density at radius 3 is 1.56 bits per heavy atom. The number of benzene rings is 2. The number of nitro groups is 2. The number of aromatic hydroxyl groups is 2. The lowest BCUT2D eigenvalue weighted by atomic mass is 10.1. The van der Waals surface area contributed by atoms with Crippen LogP contribution in [0.1, 0.15) is 0 Å². The molecule has 11 heteroatoms. The summed E-state index contributed by atoms with van der Waals surface area (Å²) in [6.07, 6.45) is 0. The van der Waals surface area contributed by atoms with Gasteiger partial charge in [0.05, 0.1) is 21.0 Å². The van der Waals surface area contributed by atoms with Crippen LogP contribution in [-0.4, -0.2) is 30.3 Å². The van der Waals surface area contributed by atoms with Gasteiger partial charge in [0.25, 0.3) is 23.2 Å². The van der Waals surface area contributed by atoms with Gasteiger partial charge in [0.2, 0.25) is 0 Å². The van der Waals surface area contributed by atoms with E-state index in [-0.39, 0.29) is 45.8 Å². The van der Waals surface area contributed by atoms with E-state index >= 15 is 0 Å². The summed E-state index contributed by atoms with van der Waals surface area (Å²) >= 11 is 0. The zero-order valence-corrected chi connectivity index (χ0v) is 12.2. The van der Waals surface area contributed by atoms with Gasteiger partial charge in [0.1, 0.15) is 11.5 Å². The maximum atomic E-state index is 10.8.